The first-order valence-electron chi connectivity index (χ1n) is 4.02. The Kier molecular flexibility index (Phi) is 2.32. The van der Waals surface area contributed by atoms with Gasteiger partial charge in [-0.3, -0.25) is 4.79 Å². The Labute approximate surface area is 67.9 Å². The number of hydrogen-bond acceptors (Lipinski definition) is 1. The van der Waals surface area contributed by atoms with Crippen LogP contribution in [-0.4, -0.2) is 24.9 Å². The molecule has 0 fully saturated rings. The van der Waals surface area contributed by atoms with Gasteiger partial charge in [-0.15, -0.1) is 0 Å². The van der Waals surface area contributed by atoms with E-state index in [9.17, 15) is 4.79 Å². The SMILES string of the molecule is CC1CC=C(C(=O)N(C)C)C1. The van der Waals surface area contributed by atoms with Gasteiger partial charge in [-0.2, -0.15) is 0 Å². The van der Waals surface area contributed by atoms with Crippen LogP contribution in [-0.2, 0) is 4.79 Å². The average molecular weight is 153 g/mol. The van der Waals surface area contributed by atoms with E-state index < -0.39 is 0 Å². The molecule has 1 unspecified atom stereocenters. The quantitative estimate of drug-likeness (QED) is 0.558. The molecule has 11 heavy (non-hydrogen) atoms. The lowest BCUT2D eigenvalue weighted by atomic mass is 10.1. The lowest BCUT2D eigenvalue weighted by Crippen LogP contribution is -2.22. The van der Waals surface area contributed by atoms with Gasteiger partial charge in [-0.1, -0.05) is 13.0 Å². The zero-order valence-electron chi connectivity index (χ0n) is 7.42. The van der Waals surface area contributed by atoms with Crippen molar-refractivity contribution in [3.05, 3.63) is 11.6 Å². The van der Waals surface area contributed by atoms with Crippen molar-refractivity contribution in [1.29, 1.82) is 0 Å². The summed E-state index contributed by atoms with van der Waals surface area (Å²) in [7, 11) is 3.60. The molecule has 2 nitrogen and oxygen atoms in total. The lowest BCUT2D eigenvalue weighted by Gasteiger charge is -2.10. The van der Waals surface area contributed by atoms with Crippen molar-refractivity contribution >= 4 is 5.91 Å². The van der Waals surface area contributed by atoms with Gasteiger partial charge in [0.25, 0.3) is 0 Å². The number of carbonyl (C=O) groups excluding carboxylic acids is 1. The average Bonchev–Trinajstić information content (AvgIpc) is 2.34. The van der Waals surface area contributed by atoms with Crippen molar-refractivity contribution in [2.45, 2.75) is 19.8 Å². The largest absolute Gasteiger partial charge is 0.345 e. The topological polar surface area (TPSA) is 20.3 Å². The predicted octanol–water partition coefficient (Wildman–Crippen LogP) is 1.43. The van der Waals surface area contributed by atoms with Crippen LogP contribution < -0.4 is 0 Å². The predicted molar refractivity (Wildman–Crippen MR) is 45.2 cm³/mol. The molecule has 1 aliphatic rings. The van der Waals surface area contributed by atoms with Crippen molar-refractivity contribution in [2.24, 2.45) is 5.92 Å². The molecule has 0 N–H and O–H groups in total. The summed E-state index contributed by atoms with van der Waals surface area (Å²) in [5.41, 5.74) is 0.988. The molecule has 1 aliphatic carbocycles. The first kappa shape index (κ1) is 8.31. The molecule has 0 saturated carbocycles. The maximum absolute atomic E-state index is 11.3. The highest BCUT2D eigenvalue weighted by Gasteiger charge is 2.19. The molecule has 1 atom stereocenters. The minimum atomic E-state index is 0.175. The first-order valence-corrected chi connectivity index (χ1v) is 4.02. The van der Waals surface area contributed by atoms with Gasteiger partial charge >= 0.3 is 0 Å². The molecule has 1 rings (SSSR count). The number of amides is 1. The third-order valence-corrected chi connectivity index (χ3v) is 2.02. The number of carbonyl (C=O) groups is 1. The molecule has 62 valence electrons. The Balaban J connectivity index is 2.56. The van der Waals surface area contributed by atoms with Crippen molar-refractivity contribution < 1.29 is 4.79 Å². The fourth-order valence-electron chi connectivity index (χ4n) is 1.35. The van der Waals surface area contributed by atoms with Gasteiger partial charge in [0.15, 0.2) is 0 Å². The number of nitrogens with zero attached hydrogens (tertiary/aromatic N) is 1. The molecule has 2 heteroatoms. The molecule has 0 saturated heterocycles. The molecule has 0 spiro atoms. The number of hydrogen-bond donors (Lipinski definition) is 0. The normalized spacial score (nSPS) is 23.2. The minimum absolute atomic E-state index is 0.175. The van der Waals surface area contributed by atoms with Crippen LogP contribution in [0.3, 0.4) is 0 Å². The zero-order chi connectivity index (χ0) is 8.43. The summed E-state index contributed by atoms with van der Waals surface area (Å²) in [6.45, 7) is 2.17. The van der Waals surface area contributed by atoms with Crippen LogP contribution in [0.15, 0.2) is 11.6 Å². The Morgan fingerprint density at radius 3 is 2.64 bits per heavy atom. The Morgan fingerprint density at radius 1 is 1.64 bits per heavy atom. The summed E-state index contributed by atoms with van der Waals surface area (Å²) in [6, 6.07) is 0. The van der Waals surface area contributed by atoms with E-state index in [0.29, 0.717) is 5.92 Å². The first-order chi connectivity index (χ1) is 5.11. The van der Waals surface area contributed by atoms with E-state index in [0.717, 1.165) is 18.4 Å². The second kappa shape index (κ2) is 3.07. The Hall–Kier alpha value is -0.790. The van der Waals surface area contributed by atoms with E-state index in [1.165, 1.54) is 0 Å². The van der Waals surface area contributed by atoms with E-state index in [2.05, 4.69) is 13.0 Å². The van der Waals surface area contributed by atoms with Gasteiger partial charge in [0.2, 0.25) is 5.91 Å². The smallest absolute Gasteiger partial charge is 0.248 e. The third kappa shape index (κ3) is 1.82. The number of rotatable bonds is 1. The lowest BCUT2D eigenvalue weighted by molar-refractivity contribution is -0.124. The van der Waals surface area contributed by atoms with Gasteiger partial charge in [0.05, 0.1) is 0 Å². The Morgan fingerprint density at radius 2 is 2.27 bits per heavy atom. The van der Waals surface area contributed by atoms with E-state index in [4.69, 9.17) is 0 Å². The van der Waals surface area contributed by atoms with Crippen molar-refractivity contribution in [3.63, 3.8) is 0 Å². The molecular formula is C9H15NO. The Bertz CT molecular complexity index is 194. The van der Waals surface area contributed by atoms with Crippen LogP contribution in [0.25, 0.3) is 0 Å². The maximum Gasteiger partial charge on any atom is 0.248 e. The highest BCUT2D eigenvalue weighted by molar-refractivity contribution is 5.93. The molecular weight excluding hydrogens is 138 g/mol. The summed E-state index contributed by atoms with van der Waals surface area (Å²) >= 11 is 0. The standard InChI is InChI=1S/C9H15NO/c1-7-4-5-8(6-7)9(11)10(2)3/h5,7H,4,6H2,1-3H3. The van der Waals surface area contributed by atoms with E-state index >= 15 is 0 Å². The van der Waals surface area contributed by atoms with E-state index in [1.807, 2.05) is 0 Å². The molecule has 0 bridgehead atoms. The summed E-state index contributed by atoms with van der Waals surface area (Å²) in [6.07, 6.45) is 4.08. The van der Waals surface area contributed by atoms with E-state index in [1.54, 1.807) is 19.0 Å². The van der Waals surface area contributed by atoms with Crippen LogP contribution in [0.1, 0.15) is 19.8 Å². The summed E-state index contributed by atoms with van der Waals surface area (Å²) in [5.74, 6) is 0.836. The van der Waals surface area contributed by atoms with Crippen molar-refractivity contribution in [1.82, 2.24) is 4.90 Å². The molecule has 1 amide bonds. The summed E-state index contributed by atoms with van der Waals surface area (Å²) in [5, 5.41) is 0. The van der Waals surface area contributed by atoms with Gasteiger partial charge in [-0.25, -0.2) is 0 Å². The second-order valence-electron chi connectivity index (χ2n) is 3.47. The minimum Gasteiger partial charge on any atom is -0.345 e. The molecule has 0 radical (unpaired) electrons. The van der Waals surface area contributed by atoms with E-state index in [-0.39, 0.29) is 5.91 Å². The number of likely N-dealkylation sites (N-methyl/N-ethyl adjacent to an activating group) is 1. The van der Waals surface area contributed by atoms with Crippen LogP contribution in [0.2, 0.25) is 0 Å². The number of allylic oxidation sites excluding steroid dienone is 1. The molecule has 0 aromatic carbocycles. The van der Waals surface area contributed by atoms with Gasteiger partial charge < -0.3 is 4.90 Å². The second-order valence-corrected chi connectivity index (χ2v) is 3.47. The zero-order valence-corrected chi connectivity index (χ0v) is 7.42. The van der Waals surface area contributed by atoms with Crippen LogP contribution in [0.5, 0.6) is 0 Å². The van der Waals surface area contributed by atoms with Crippen LogP contribution >= 0.6 is 0 Å². The van der Waals surface area contributed by atoms with Gasteiger partial charge in [0, 0.05) is 19.7 Å². The molecule has 0 aromatic heterocycles. The maximum atomic E-state index is 11.3. The van der Waals surface area contributed by atoms with Gasteiger partial charge in [-0.05, 0) is 18.8 Å². The van der Waals surface area contributed by atoms with Crippen LogP contribution in [0, 0.1) is 5.92 Å². The highest BCUT2D eigenvalue weighted by Crippen LogP contribution is 2.24. The van der Waals surface area contributed by atoms with Crippen LogP contribution in [0.4, 0.5) is 0 Å². The summed E-state index contributed by atoms with van der Waals surface area (Å²) < 4.78 is 0. The molecule has 0 heterocycles. The fraction of sp³-hybridized carbons (Fsp3) is 0.667. The molecule has 0 aromatic rings. The molecule has 0 aliphatic heterocycles. The van der Waals surface area contributed by atoms with Gasteiger partial charge in [0.1, 0.15) is 0 Å². The highest BCUT2D eigenvalue weighted by atomic mass is 16.2. The monoisotopic (exact) mass is 153 g/mol. The van der Waals surface area contributed by atoms with Crippen molar-refractivity contribution in [2.75, 3.05) is 14.1 Å². The fourth-order valence-corrected chi connectivity index (χ4v) is 1.35. The third-order valence-electron chi connectivity index (χ3n) is 2.02. The summed E-state index contributed by atoms with van der Waals surface area (Å²) in [4.78, 5) is 13.0. The van der Waals surface area contributed by atoms with Crippen molar-refractivity contribution in [3.8, 4) is 0 Å².